The lowest BCUT2D eigenvalue weighted by atomic mass is 10.2. The van der Waals surface area contributed by atoms with Crippen molar-refractivity contribution in [2.45, 2.75) is 6.54 Å². The number of hydrogen-bond acceptors (Lipinski definition) is 2. The summed E-state index contributed by atoms with van der Waals surface area (Å²) in [5.41, 5.74) is 2.24. The lowest BCUT2D eigenvalue weighted by Crippen LogP contribution is -2.41. The van der Waals surface area contributed by atoms with E-state index in [9.17, 15) is 9.18 Å². The van der Waals surface area contributed by atoms with Crippen molar-refractivity contribution in [3.63, 3.8) is 0 Å². The first-order valence-electron chi connectivity index (χ1n) is 7.66. The highest BCUT2D eigenvalue weighted by Crippen LogP contribution is 2.09. The third-order valence-corrected chi connectivity index (χ3v) is 3.33. The van der Waals surface area contributed by atoms with Gasteiger partial charge in [0.05, 0.1) is 6.54 Å². The van der Waals surface area contributed by atoms with Gasteiger partial charge < -0.3 is 16.0 Å². The summed E-state index contributed by atoms with van der Waals surface area (Å²) in [5, 5.41) is 8.72. The number of benzene rings is 2. The monoisotopic (exact) mass is 338 g/mol. The van der Waals surface area contributed by atoms with Gasteiger partial charge in [-0.3, -0.25) is 9.79 Å². The molecule has 0 heterocycles. The summed E-state index contributed by atoms with van der Waals surface area (Å²) in [6.07, 6.45) is 5.34. The van der Waals surface area contributed by atoms with Gasteiger partial charge >= 0.3 is 0 Å². The highest BCUT2D eigenvalue weighted by molar-refractivity contribution is 5.95. The Balaban J connectivity index is 1.80. The van der Waals surface area contributed by atoms with E-state index >= 15 is 0 Å². The van der Waals surface area contributed by atoms with Gasteiger partial charge in [0, 0.05) is 24.8 Å². The van der Waals surface area contributed by atoms with Crippen LogP contribution < -0.4 is 16.0 Å². The predicted molar refractivity (Wildman–Crippen MR) is 97.6 cm³/mol. The fraction of sp³-hybridized carbons (Fsp3) is 0.158. The topological polar surface area (TPSA) is 65.5 Å². The van der Waals surface area contributed by atoms with Crippen LogP contribution in [0.2, 0.25) is 0 Å². The highest BCUT2D eigenvalue weighted by atomic mass is 19.1. The Morgan fingerprint density at radius 3 is 2.64 bits per heavy atom. The van der Waals surface area contributed by atoms with Crippen LogP contribution in [0.5, 0.6) is 0 Å². The molecule has 2 aromatic rings. The molecule has 2 rings (SSSR count). The van der Waals surface area contributed by atoms with Crippen molar-refractivity contribution in [1.82, 2.24) is 10.6 Å². The molecule has 2 aromatic carbocycles. The Morgan fingerprint density at radius 1 is 1.20 bits per heavy atom. The minimum Gasteiger partial charge on any atom is -0.352 e. The quantitative estimate of drug-likeness (QED) is 0.444. The molecule has 0 bridgehead atoms. The van der Waals surface area contributed by atoms with Crippen LogP contribution in [0.15, 0.2) is 53.5 Å². The van der Waals surface area contributed by atoms with Crippen LogP contribution in [0.1, 0.15) is 11.1 Å². The van der Waals surface area contributed by atoms with E-state index in [-0.39, 0.29) is 18.3 Å². The first kappa shape index (κ1) is 18.0. The summed E-state index contributed by atoms with van der Waals surface area (Å²) in [4.78, 5) is 16.0. The minimum atomic E-state index is -0.281. The van der Waals surface area contributed by atoms with Crippen LogP contribution in [-0.4, -0.2) is 25.5 Å². The SMILES string of the molecule is C#Cc1cccc(NC(=O)CNC(=NC)NCc2ccc(F)cc2)c1. The zero-order chi connectivity index (χ0) is 18.1. The van der Waals surface area contributed by atoms with Gasteiger partial charge in [-0.25, -0.2) is 4.39 Å². The van der Waals surface area contributed by atoms with Gasteiger partial charge in [0.25, 0.3) is 0 Å². The lowest BCUT2D eigenvalue weighted by molar-refractivity contribution is -0.115. The van der Waals surface area contributed by atoms with Crippen LogP contribution in [0.25, 0.3) is 0 Å². The Morgan fingerprint density at radius 2 is 1.96 bits per heavy atom. The van der Waals surface area contributed by atoms with Gasteiger partial charge in [0.2, 0.25) is 5.91 Å². The van der Waals surface area contributed by atoms with Crippen LogP contribution >= 0.6 is 0 Å². The smallest absolute Gasteiger partial charge is 0.243 e. The number of anilines is 1. The molecule has 25 heavy (non-hydrogen) atoms. The van der Waals surface area contributed by atoms with Crippen LogP contribution in [0, 0.1) is 18.2 Å². The molecule has 0 radical (unpaired) electrons. The van der Waals surface area contributed by atoms with Crippen LogP contribution in [0.4, 0.5) is 10.1 Å². The average Bonchev–Trinajstić information content (AvgIpc) is 2.63. The van der Waals surface area contributed by atoms with Gasteiger partial charge in [-0.2, -0.15) is 0 Å². The number of halogens is 1. The standard InChI is InChI=1S/C19H19FN4O/c1-3-14-5-4-6-17(11-14)24-18(25)13-23-19(21-2)22-12-15-7-9-16(20)10-8-15/h1,4-11H,12-13H2,2H3,(H,24,25)(H2,21,22,23). The molecular formula is C19H19FN4O. The van der Waals surface area contributed by atoms with Crippen molar-refractivity contribution >= 4 is 17.6 Å². The van der Waals surface area contributed by atoms with Gasteiger partial charge in [-0.15, -0.1) is 6.42 Å². The number of terminal acetylenes is 1. The van der Waals surface area contributed by atoms with Crippen LogP contribution in [0.3, 0.4) is 0 Å². The second-order valence-electron chi connectivity index (χ2n) is 5.18. The predicted octanol–water partition coefficient (Wildman–Crippen LogP) is 2.11. The van der Waals surface area contributed by atoms with Crippen molar-refractivity contribution < 1.29 is 9.18 Å². The van der Waals surface area contributed by atoms with Crippen molar-refractivity contribution in [3.8, 4) is 12.3 Å². The third-order valence-electron chi connectivity index (χ3n) is 3.33. The normalized spacial score (nSPS) is 10.7. The molecule has 0 spiro atoms. The zero-order valence-electron chi connectivity index (χ0n) is 13.8. The number of nitrogens with one attached hydrogen (secondary N) is 3. The van der Waals surface area contributed by atoms with Gasteiger partial charge in [-0.1, -0.05) is 24.1 Å². The maximum absolute atomic E-state index is 12.9. The van der Waals surface area contributed by atoms with E-state index in [2.05, 4.69) is 26.9 Å². The zero-order valence-corrected chi connectivity index (χ0v) is 13.8. The Hall–Kier alpha value is -3.33. The number of carbonyl (C=O) groups excluding carboxylic acids is 1. The second kappa shape index (κ2) is 9.08. The van der Waals surface area contributed by atoms with E-state index in [1.165, 1.54) is 12.1 Å². The first-order chi connectivity index (χ1) is 12.1. The molecule has 0 aliphatic rings. The van der Waals surface area contributed by atoms with E-state index in [0.717, 1.165) is 5.56 Å². The second-order valence-corrected chi connectivity index (χ2v) is 5.18. The average molecular weight is 338 g/mol. The molecular weight excluding hydrogens is 319 g/mol. The third kappa shape index (κ3) is 5.99. The molecule has 0 atom stereocenters. The Labute approximate surface area is 146 Å². The highest BCUT2D eigenvalue weighted by Gasteiger charge is 2.05. The number of nitrogens with zero attached hydrogens (tertiary/aromatic N) is 1. The summed E-state index contributed by atoms with van der Waals surface area (Å²) in [7, 11) is 1.61. The molecule has 1 amide bonds. The molecule has 0 saturated carbocycles. The summed E-state index contributed by atoms with van der Waals surface area (Å²) in [6, 6.07) is 13.2. The Kier molecular flexibility index (Phi) is 6.55. The fourth-order valence-corrected chi connectivity index (χ4v) is 2.06. The summed E-state index contributed by atoms with van der Waals surface area (Å²) in [6.45, 7) is 0.509. The van der Waals surface area contributed by atoms with Crippen molar-refractivity contribution in [3.05, 3.63) is 65.5 Å². The molecule has 6 heteroatoms. The van der Waals surface area contributed by atoms with Crippen molar-refractivity contribution in [2.24, 2.45) is 4.99 Å². The molecule has 0 aliphatic heterocycles. The summed E-state index contributed by atoms with van der Waals surface area (Å²) < 4.78 is 12.9. The van der Waals surface area contributed by atoms with E-state index < -0.39 is 0 Å². The largest absolute Gasteiger partial charge is 0.352 e. The number of rotatable bonds is 5. The maximum Gasteiger partial charge on any atom is 0.243 e. The molecule has 5 nitrogen and oxygen atoms in total. The lowest BCUT2D eigenvalue weighted by Gasteiger charge is -2.12. The number of hydrogen-bond donors (Lipinski definition) is 3. The molecule has 0 aromatic heterocycles. The van der Waals surface area contributed by atoms with Crippen LogP contribution in [-0.2, 0) is 11.3 Å². The number of aliphatic imine (C=N–C) groups is 1. The molecule has 0 aliphatic carbocycles. The summed E-state index contributed by atoms with van der Waals surface area (Å²) in [5.74, 6) is 2.48. The van der Waals surface area contributed by atoms with E-state index in [1.54, 1.807) is 43.4 Å². The number of amides is 1. The number of guanidine groups is 1. The van der Waals surface area contributed by atoms with Crippen molar-refractivity contribution in [2.75, 3.05) is 18.9 Å². The van der Waals surface area contributed by atoms with E-state index in [1.807, 2.05) is 0 Å². The molecule has 0 saturated heterocycles. The van der Waals surface area contributed by atoms with E-state index in [4.69, 9.17) is 6.42 Å². The maximum atomic E-state index is 12.9. The van der Waals surface area contributed by atoms with E-state index in [0.29, 0.717) is 23.8 Å². The van der Waals surface area contributed by atoms with Gasteiger partial charge in [0.15, 0.2) is 5.96 Å². The Bertz CT molecular complexity index is 794. The molecule has 0 fully saturated rings. The van der Waals surface area contributed by atoms with Crippen molar-refractivity contribution in [1.29, 1.82) is 0 Å². The first-order valence-corrected chi connectivity index (χ1v) is 7.66. The summed E-state index contributed by atoms with van der Waals surface area (Å²) >= 11 is 0. The fourth-order valence-electron chi connectivity index (χ4n) is 2.06. The molecule has 128 valence electrons. The molecule has 0 unspecified atom stereocenters. The van der Waals surface area contributed by atoms with Gasteiger partial charge in [0.1, 0.15) is 5.82 Å². The van der Waals surface area contributed by atoms with Gasteiger partial charge in [-0.05, 0) is 35.9 Å². The molecule has 3 N–H and O–H groups in total. The number of carbonyl (C=O) groups is 1. The minimum absolute atomic E-state index is 0.0450.